The van der Waals surface area contributed by atoms with Gasteiger partial charge in [0.2, 0.25) is 0 Å². The molecular formula is C16H26N2. The molecule has 0 saturated carbocycles. The van der Waals surface area contributed by atoms with Crippen molar-refractivity contribution in [3.63, 3.8) is 0 Å². The smallest absolute Gasteiger partial charge is 0.0396 e. The van der Waals surface area contributed by atoms with E-state index in [2.05, 4.69) is 55.3 Å². The third-order valence-corrected chi connectivity index (χ3v) is 4.34. The molecule has 0 aliphatic carbocycles. The van der Waals surface area contributed by atoms with Gasteiger partial charge in [0.15, 0.2) is 0 Å². The minimum absolute atomic E-state index is 0.332. The predicted molar refractivity (Wildman–Crippen MR) is 79.3 cm³/mol. The van der Waals surface area contributed by atoms with Crippen LogP contribution in [-0.2, 0) is 0 Å². The first-order valence-corrected chi connectivity index (χ1v) is 7.26. The molecule has 100 valence electrons. The van der Waals surface area contributed by atoms with Crippen molar-refractivity contribution in [2.45, 2.75) is 45.6 Å². The third kappa shape index (κ3) is 2.69. The number of hydrogen-bond donors (Lipinski definition) is 1. The fraction of sp³-hybridized carbons (Fsp3) is 0.625. The summed E-state index contributed by atoms with van der Waals surface area (Å²) >= 11 is 0. The predicted octanol–water partition coefficient (Wildman–Crippen LogP) is 3.35. The molecule has 1 atom stereocenters. The summed E-state index contributed by atoms with van der Waals surface area (Å²) in [6.07, 6.45) is 3.85. The Kier molecular flexibility index (Phi) is 4.28. The van der Waals surface area contributed by atoms with Crippen molar-refractivity contribution in [3.05, 3.63) is 29.8 Å². The van der Waals surface area contributed by atoms with E-state index in [0.717, 1.165) is 13.1 Å². The van der Waals surface area contributed by atoms with Crippen LogP contribution in [0.4, 0.5) is 5.69 Å². The Hall–Kier alpha value is -1.02. The topological polar surface area (TPSA) is 15.3 Å². The highest BCUT2D eigenvalue weighted by Crippen LogP contribution is 2.28. The molecule has 1 heterocycles. The number of nitrogens with one attached hydrogen (secondary N) is 1. The Bertz CT molecular complexity index is 380. The Labute approximate surface area is 111 Å². The number of rotatable bonds is 5. The van der Waals surface area contributed by atoms with Crippen molar-refractivity contribution in [3.8, 4) is 0 Å². The van der Waals surface area contributed by atoms with E-state index >= 15 is 0 Å². The van der Waals surface area contributed by atoms with Crippen LogP contribution in [0.15, 0.2) is 24.3 Å². The van der Waals surface area contributed by atoms with Gasteiger partial charge in [-0.15, -0.1) is 0 Å². The standard InChI is InChI=1S/C16H26N2/c1-4-16(11-8-12-17-16)13-18(5-2)15-10-7-6-9-14(15)3/h6-7,9-10,17H,4-5,8,11-13H2,1-3H3. The van der Waals surface area contributed by atoms with Crippen molar-refractivity contribution in [1.82, 2.24) is 5.32 Å². The van der Waals surface area contributed by atoms with E-state index in [1.165, 1.54) is 37.1 Å². The maximum Gasteiger partial charge on any atom is 0.0396 e. The lowest BCUT2D eigenvalue weighted by Crippen LogP contribution is -2.49. The molecule has 2 rings (SSSR count). The molecular weight excluding hydrogens is 220 g/mol. The van der Waals surface area contributed by atoms with Crippen LogP contribution < -0.4 is 10.2 Å². The number of para-hydroxylation sites is 1. The largest absolute Gasteiger partial charge is 0.370 e. The van der Waals surface area contributed by atoms with Crippen molar-refractivity contribution < 1.29 is 0 Å². The molecule has 0 amide bonds. The highest BCUT2D eigenvalue weighted by molar-refractivity contribution is 5.53. The van der Waals surface area contributed by atoms with E-state index in [1.54, 1.807) is 0 Å². The second-order valence-electron chi connectivity index (χ2n) is 5.46. The molecule has 0 spiro atoms. The molecule has 2 heteroatoms. The zero-order valence-corrected chi connectivity index (χ0v) is 12.0. The van der Waals surface area contributed by atoms with E-state index in [-0.39, 0.29) is 0 Å². The average molecular weight is 246 g/mol. The van der Waals surface area contributed by atoms with Crippen LogP contribution in [-0.4, -0.2) is 25.2 Å². The summed E-state index contributed by atoms with van der Waals surface area (Å²) in [5.41, 5.74) is 3.10. The molecule has 0 bridgehead atoms. The second-order valence-corrected chi connectivity index (χ2v) is 5.46. The van der Waals surface area contributed by atoms with Gasteiger partial charge in [0, 0.05) is 24.3 Å². The van der Waals surface area contributed by atoms with Gasteiger partial charge >= 0.3 is 0 Å². The third-order valence-electron chi connectivity index (χ3n) is 4.34. The van der Waals surface area contributed by atoms with Crippen LogP contribution in [0.1, 0.15) is 38.7 Å². The second kappa shape index (κ2) is 5.75. The molecule has 2 nitrogen and oxygen atoms in total. The molecule has 1 saturated heterocycles. The van der Waals surface area contributed by atoms with Gasteiger partial charge in [0.1, 0.15) is 0 Å². The van der Waals surface area contributed by atoms with Gasteiger partial charge < -0.3 is 10.2 Å². The molecule has 1 aromatic rings. The summed E-state index contributed by atoms with van der Waals surface area (Å²) < 4.78 is 0. The van der Waals surface area contributed by atoms with Gasteiger partial charge in [-0.2, -0.15) is 0 Å². The molecule has 18 heavy (non-hydrogen) atoms. The Balaban J connectivity index is 2.17. The molecule has 1 aliphatic heterocycles. The SMILES string of the molecule is CCN(CC1(CC)CCCN1)c1ccccc1C. The summed E-state index contributed by atoms with van der Waals surface area (Å²) in [7, 11) is 0. The fourth-order valence-electron chi connectivity index (χ4n) is 3.07. The lowest BCUT2D eigenvalue weighted by molar-refractivity contribution is 0.363. The molecule has 1 fully saturated rings. The lowest BCUT2D eigenvalue weighted by atomic mass is 9.93. The van der Waals surface area contributed by atoms with Gasteiger partial charge in [-0.05, 0) is 51.3 Å². The molecule has 1 unspecified atom stereocenters. The summed E-state index contributed by atoms with van der Waals surface area (Å²) in [4.78, 5) is 2.52. The Morgan fingerprint density at radius 2 is 2.06 bits per heavy atom. The van der Waals surface area contributed by atoms with Crippen LogP contribution in [0, 0.1) is 6.92 Å². The lowest BCUT2D eigenvalue weighted by Gasteiger charge is -2.36. The van der Waals surface area contributed by atoms with Crippen LogP contribution in [0.3, 0.4) is 0 Å². The van der Waals surface area contributed by atoms with E-state index < -0.39 is 0 Å². The van der Waals surface area contributed by atoms with E-state index in [4.69, 9.17) is 0 Å². The average Bonchev–Trinajstić information content (AvgIpc) is 2.86. The molecule has 1 aromatic carbocycles. The highest BCUT2D eigenvalue weighted by Gasteiger charge is 2.33. The molecule has 1 aliphatic rings. The summed E-state index contributed by atoms with van der Waals surface area (Å²) in [5.74, 6) is 0. The zero-order chi connectivity index (χ0) is 13.0. The van der Waals surface area contributed by atoms with Crippen LogP contribution in [0.5, 0.6) is 0 Å². The number of benzene rings is 1. The normalized spacial score (nSPS) is 23.3. The number of likely N-dealkylation sites (N-methyl/N-ethyl adjacent to an activating group) is 1. The summed E-state index contributed by atoms with van der Waals surface area (Å²) in [5, 5.41) is 3.73. The molecule has 0 aromatic heterocycles. The van der Waals surface area contributed by atoms with Crippen molar-refractivity contribution in [1.29, 1.82) is 0 Å². The Morgan fingerprint density at radius 3 is 2.61 bits per heavy atom. The highest BCUT2D eigenvalue weighted by atomic mass is 15.2. The van der Waals surface area contributed by atoms with Crippen molar-refractivity contribution in [2.75, 3.05) is 24.5 Å². The Morgan fingerprint density at radius 1 is 1.28 bits per heavy atom. The first-order chi connectivity index (χ1) is 8.71. The first-order valence-electron chi connectivity index (χ1n) is 7.26. The van der Waals surface area contributed by atoms with Gasteiger partial charge in [0.25, 0.3) is 0 Å². The van der Waals surface area contributed by atoms with Crippen LogP contribution in [0.25, 0.3) is 0 Å². The van der Waals surface area contributed by atoms with E-state index in [9.17, 15) is 0 Å². The van der Waals surface area contributed by atoms with Crippen LogP contribution in [0.2, 0.25) is 0 Å². The minimum Gasteiger partial charge on any atom is -0.370 e. The van der Waals surface area contributed by atoms with Crippen LogP contribution >= 0.6 is 0 Å². The van der Waals surface area contributed by atoms with E-state index in [1.807, 2.05) is 0 Å². The van der Waals surface area contributed by atoms with Gasteiger partial charge in [-0.1, -0.05) is 25.1 Å². The maximum absolute atomic E-state index is 3.73. The quantitative estimate of drug-likeness (QED) is 0.857. The minimum atomic E-state index is 0.332. The monoisotopic (exact) mass is 246 g/mol. The maximum atomic E-state index is 3.73. The first kappa shape index (κ1) is 13.4. The molecule has 0 radical (unpaired) electrons. The fourth-order valence-corrected chi connectivity index (χ4v) is 3.07. The van der Waals surface area contributed by atoms with Gasteiger partial charge in [-0.3, -0.25) is 0 Å². The number of anilines is 1. The van der Waals surface area contributed by atoms with Gasteiger partial charge in [-0.25, -0.2) is 0 Å². The molecule has 1 N–H and O–H groups in total. The van der Waals surface area contributed by atoms with E-state index in [0.29, 0.717) is 5.54 Å². The van der Waals surface area contributed by atoms with Crippen molar-refractivity contribution >= 4 is 5.69 Å². The number of hydrogen-bond acceptors (Lipinski definition) is 2. The summed E-state index contributed by atoms with van der Waals surface area (Å²) in [6.45, 7) is 10.2. The zero-order valence-electron chi connectivity index (χ0n) is 12.0. The van der Waals surface area contributed by atoms with Crippen molar-refractivity contribution in [2.24, 2.45) is 0 Å². The number of nitrogens with zero attached hydrogens (tertiary/aromatic N) is 1. The summed E-state index contributed by atoms with van der Waals surface area (Å²) in [6, 6.07) is 8.72. The number of aryl methyl sites for hydroxylation is 1. The van der Waals surface area contributed by atoms with Gasteiger partial charge in [0.05, 0.1) is 0 Å².